The fourth-order valence-electron chi connectivity index (χ4n) is 2.58. The van der Waals surface area contributed by atoms with E-state index in [0.29, 0.717) is 18.2 Å². The lowest BCUT2D eigenvalue weighted by molar-refractivity contribution is 0.0716. The van der Waals surface area contributed by atoms with Crippen LogP contribution >= 0.6 is 0 Å². The Kier molecular flexibility index (Phi) is 3.19. The second-order valence-corrected chi connectivity index (χ2v) is 4.86. The number of carbonyl (C=O) groups excluding carboxylic acids is 1. The van der Waals surface area contributed by atoms with Gasteiger partial charge in [-0.1, -0.05) is 6.92 Å². The topological polar surface area (TPSA) is 64.2 Å². The molecule has 1 amide bonds. The number of rotatable bonds is 2. The van der Waals surface area contributed by atoms with E-state index in [1.165, 1.54) is 0 Å². The highest BCUT2D eigenvalue weighted by atomic mass is 16.2. The number of aryl methyl sites for hydroxylation is 2. The molecule has 2 rings (SSSR count). The van der Waals surface area contributed by atoms with Crippen LogP contribution in [0.3, 0.4) is 0 Å². The Morgan fingerprint density at radius 1 is 1.65 bits per heavy atom. The van der Waals surface area contributed by atoms with Crippen molar-refractivity contribution in [2.75, 3.05) is 13.1 Å². The van der Waals surface area contributed by atoms with Crippen LogP contribution in [0.5, 0.6) is 0 Å². The Bertz CT molecular complexity index is 426. The van der Waals surface area contributed by atoms with Gasteiger partial charge < -0.3 is 10.6 Å². The van der Waals surface area contributed by atoms with Gasteiger partial charge in [-0.3, -0.25) is 9.48 Å². The highest BCUT2D eigenvalue weighted by Crippen LogP contribution is 2.24. The van der Waals surface area contributed by atoms with Crippen molar-refractivity contribution in [3.63, 3.8) is 0 Å². The predicted molar refractivity (Wildman–Crippen MR) is 65.6 cm³/mol. The lowest BCUT2D eigenvalue weighted by atomic mass is 10.0. The zero-order valence-electron chi connectivity index (χ0n) is 10.7. The van der Waals surface area contributed by atoms with Gasteiger partial charge in [0.25, 0.3) is 5.91 Å². The molecule has 1 aromatic heterocycles. The smallest absolute Gasteiger partial charge is 0.272 e. The molecule has 2 unspecified atom stereocenters. The molecular formula is C12H20N4O. The van der Waals surface area contributed by atoms with Crippen LogP contribution in [-0.4, -0.2) is 39.7 Å². The molecular weight excluding hydrogens is 216 g/mol. The molecule has 0 saturated carbocycles. The number of carbonyl (C=O) groups is 1. The van der Waals surface area contributed by atoms with Crippen molar-refractivity contribution in [1.82, 2.24) is 14.7 Å². The highest BCUT2D eigenvalue weighted by molar-refractivity contribution is 5.93. The van der Waals surface area contributed by atoms with Crippen molar-refractivity contribution >= 4 is 5.91 Å². The van der Waals surface area contributed by atoms with E-state index in [2.05, 4.69) is 12.0 Å². The number of hydrogen-bond donors (Lipinski definition) is 1. The van der Waals surface area contributed by atoms with Gasteiger partial charge in [0, 0.05) is 26.2 Å². The fraction of sp³-hybridized carbons (Fsp3) is 0.667. The number of likely N-dealkylation sites (tertiary alicyclic amines) is 1. The maximum Gasteiger partial charge on any atom is 0.272 e. The van der Waals surface area contributed by atoms with E-state index in [4.69, 9.17) is 5.73 Å². The van der Waals surface area contributed by atoms with Crippen molar-refractivity contribution in [1.29, 1.82) is 0 Å². The molecule has 1 saturated heterocycles. The lowest BCUT2D eigenvalue weighted by Crippen LogP contribution is -2.42. The maximum atomic E-state index is 12.4. The van der Waals surface area contributed by atoms with E-state index in [-0.39, 0.29) is 11.9 Å². The minimum Gasteiger partial charge on any atom is -0.333 e. The molecule has 5 nitrogen and oxygen atoms in total. The molecule has 1 aliphatic heterocycles. The number of nitrogens with two attached hydrogens (primary N) is 1. The zero-order valence-corrected chi connectivity index (χ0v) is 10.7. The van der Waals surface area contributed by atoms with E-state index in [1.54, 1.807) is 11.7 Å². The van der Waals surface area contributed by atoms with Crippen molar-refractivity contribution in [3.8, 4) is 0 Å². The minimum atomic E-state index is 0.0490. The molecule has 0 radical (unpaired) electrons. The van der Waals surface area contributed by atoms with Crippen LogP contribution < -0.4 is 5.73 Å². The first-order valence-electron chi connectivity index (χ1n) is 6.06. The minimum absolute atomic E-state index is 0.0490. The average Bonchev–Trinajstić information content (AvgIpc) is 2.80. The molecule has 1 fully saturated rings. The van der Waals surface area contributed by atoms with Gasteiger partial charge in [-0.25, -0.2) is 0 Å². The highest BCUT2D eigenvalue weighted by Gasteiger charge is 2.34. The largest absolute Gasteiger partial charge is 0.333 e. The van der Waals surface area contributed by atoms with Gasteiger partial charge in [0.2, 0.25) is 0 Å². The zero-order chi connectivity index (χ0) is 12.6. The summed E-state index contributed by atoms with van der Waals surface area (Å²) in [7, 11) is 1.80. The standard InChI is InChI=1S/C12H20N4O/c1-8-4-5-16(11(8)7-13)12(17)10-6-9(2)14-15(10)3/h6,8,11H,4-5,7,13H2,1-3H3. The summed E-state index contributed by atoms with van der Waals surface area (Å²) in [5.74, 6) is 0.533. The van der Waals surface area contributed by atoms with Gasteiger partial charge in [0.15, 0.2) is 0 Å². The van der Waals surface area contributed by atoms with Gasteiger partial charge >= 0.3 is 0 Å². The molecule has 17 heavy (non-hydrogen) atoms. The quantitative estimate of drug-likeness (QED) is 0.815. The van der Waals surface area contributed by atoms with Gasteiger partial charge in [-0.15, -0.1) is 0 Å². The molecule has 0 bridgehead atoms. The Balaban J connectivity index is 2.23. The van der Waals surface area contributed by atoms with E-state index < -0.39 is 0 Å². The molecule has 2 heterocycles. The SMILES string of the molecule is Cc1cc(C(=O)N2CCC(C)C2CN)n(C)n1. The summed E-state index contributed by atoms with van der Waals surface area (Å²) in [6.45, 7) is 5.37. The Labute approximate surface area is 102 Å². The van der Waals surface area contributed by atoms with Gasteiger partial charge in [0.05, 0.1) is 5.69 Å². The monoisotopic (exact) mass is 236 g/mol. The van der Waals surface area contributed by atoms with Crippen LogP contribution in [0.2, 0.25) is 0 Å². The third-order valence-corrected chi connectivity index (χ3v) is 3.61. The van der Waals surface area contributed by atoms with Crippen LogP contribution in [0.4, 0.5) is 0 Å². The van der Waals surface area contributed by atoms with E-state index in [0.717, 1.165) is 18.7 Å². The summed E-state index contributed by atoms with van der Waals surface area (Å²) < 4.78 is 1.65. The number of nitrogens with zero attached hydrogens (tertiary/aromatic N) is 3. The van der Waals surface area contributed by atoms with Crippen LogP contribution in [0, 0.1) is 12.8 Å². The molecule has 2 N–H and O–H groups in total. The van der Waals surface area contributed by atoms with Crippen molar-refractivity contribution in [2.45, 2.75) is 26.3 Å². The second-order valence-electron chi connectivity index (χ2n) is 4.86. The molecule has 2 atom stereocenters. The van der Waals surface area contributed by atoms with Crippen LogP contribution in [-0.2, 0) is 7.05 Å². The van der Waals surface area contributed by atoms with Gasteiger partial charge in [0.1, 0.15) is 5.69 Å². The summed E-state index contributed by atoms with van der Waals surface area (Å²) in [5.41, 5.74) is 7.27. The first-order chi connectivity index (χ1) is 8.04. The van der Waals surface area contributed by atoms with Crippen molar-refractivity contribution in [3.05, 3.63) is 17.5 Å². The summed E-state index contributed by atoms with van der Waals surface area (Å²) in [5, 5.41) is 4.21. The third kappa shape index (κ3) is 2.07. The number of hydrogen-bond acceptors (Lipinski definition) is 3. The molecule has 0 spiro atoms. The predicted octanol–water partition coefficient (Wildman–Crippen LogP) is 0.538. The molecule has 94 valence electrons. The lowest BCUT2D eigenvalue weighted by Gasteiger charge is -2.25. The first-order valence-corrected chi connectivity index (χ1v) is 6.06. The van der Waals surface area contributed by atoms with Crippen molar-refractivity contribution < 1.29 is 4.79 Å². The van der Waals surface area contributed by atoms with Crippen molar-refractivity contribution in [2.24, 2.45) is 18.7 Å². The Morgan fingerprint density at radius 2 is 2.35 bits per heavy atom. The van der Waals surface area contributed by atoms with Crippen LogP contribution in [0.25, 0.3) is 0 Å². The second kappa shape index (κ2) is 4.49. The maximum absolute atomic E-state index is 12.4. The normalized spacial score (nSPS) is 24.4. The summed E-state index contributed by atoms with van der Waals surface area (Å²) in [6, 6.07) is 2.00. The van der Waals surface area contributed by atoms with Crippen LogP contribution in [0.1, 0.15) is 29.5 Å². The average molecular weight is 236 g/mol. The molecule has 0 aromatic carbocycles. The van der Waals surface area contributed by atoms with Gasteiger partial charge in [-0.05, 0) is 25.3 Å². The van der Waals surface area contributed by atoms with Crippen LogP contribution in [0.15, 0.2) is 6.07 Å². The fourth-order valence-corrected chi connectivity index (χ4v) is 2.58. The van der Waals surface area contributed by atoms with E-state index in [1.807, 2.05) is 17.9 Å². The number of amides is 1. The van der Waals surface area contributed by atoms with E-state index >= 15 is 0 Å². The summed E-state index contributed by atoms with van der Waals surface area (Å²) in [6.07, 6.45) is 1.03. The summed E-state index contributed by atoms with van der Waals surface area (Å²) in [4.78, 5) is 14.3. The first kappa shape index (κ1) is 12.1. The summed E-state index contributed by atoms with van der Waals surface area (Å²) >= 11 is 0. The molecule has 1 aromatic rings. The Morgan fingerprint density at radius 3 is 2.88 bits per heavy atom. The Hall–Kier alpha value is -1.36. The van der Waals surface area contributed by atoms with Gasteiger partial charge in [-0.2, -0.15) is 5.10 Å². The third-order valence-electron chi connectivity index (χ3n) is 3.61. The van der Waals surface area contributed by atoms with E-state index in [9.17, 15) is 4.79 Å². The molecule has 5 heteroatoms. The molecule has 0 aliphatic carbocycles. The number of aromatic nitrogens is 2. The molecule has 1 aliphatic rings.